The van der Waals surface area contributed by atoms with Gasteiger partial charge in [0.25, 0.3) is 0 Å². The molecule has 0 radical (unpaired) electrons. The Morgan fingerprint density at radius 2 is 2.10 bits per heavy atom. The number of benzene rings is 1. The highest BCUT2D eigenvalue weighted by atomic mass is 32.2. The molecule has 1 aromatic rings. The first-order valence-corrected chi connectivity index (χ1v) is 7.14. The Labute approximate surface area is 119 Å². The molecule has 0 aliphatic carbocycles. The number of para-hydroxylation sites is 1. The van der Waals surface area contributed by atoms with Crippen LogP contribution in [0.4, 0.5) is 18.9 Å². The minimum atomic E-state index is -4.37. The molecule has 1 fully saturated rings. The lowest BCUT2D eigenvalue weighted by molar-refractivity contribution is -0.120. The molecule has 1 aliphatic rings. The number of hydrogen-bond acceptors (Lipinski definition) is 3. The number of carbonyl (C=O) groups is 1. The largest absolute Gasteiger partial charge is 0.446 e. The molecule has 7 heteroatoms. The van der Waals surface area contributed by atoms with Gasteiger partial charge in [-0.2, -0.15) is 13.2 Å². The summed E-state index contributed by atoms with van der Waals surface area (Å²) in [6.45, 7) is 1.45. The lowest BCUT2D eigenvalue weighted by atomic mass is 9.99. The van der Waals surface area contributed by atoms with Crippen LogP contribution in [0.1, 0.15) is 12.8 Å². The molecular weight excluding hydrogens is 289 g/mol. The van der Waals surface area contributed by atoms with Gasteiger partial charge in [-0.05, 0) is 43.3 Å². The zero-order valence-corrected chi connectivity index (χ0v) is 11.5. The van der Waals surface area contributed by atoms with Crippen LogP contribution >= 0.6 is 11.8 Å². The van der Waals surface area contributed by atoms with Gasteiger partial charge in [0.15, 0.2) is 0 Å². The summed E-state index contributed by atoms with van der Waals surface area (Å²) >= 11 is -0.214. The molecule has 110 valence electrons. The number of halogens is 3. The molecule has 1 heterocycles. The number of amides is 1. The number of thioether (sulfide) groups is 1. The maximum atomic E-state index is 12.5. The highest BCUT2D eigenvalue weighted by Crippen LogP contribution is 2.40. The maximum absolute atomic E-state index is 12.5. The minimum Gasteiger partial charge on any atom is -0.325 e. The fourth-order valence-corrected chi connectivity index (χ4v) is 2.72. The third-order valence-electron chi connectivity index (χ3n) is 3.04. The molecule has 1 saturated heterocycles. The predicted molar refractivity (Wildman–Crippen MR) is 72.6 cm³/mol. The monoisotopic (exact) mass is 304 g/mol. The number of hydrogen-bond donors (Lipinski definition) is 2. The second-order valence-corrected chi connectivity index (χ2v) is 5.68. The Morgan fingerprint density at radius 3 is 2.75 bits per heavy atom. The van der Waals surface area contributed by atoms with Crippen molar-refractivity contribution in [1.82, 2.24) is 5.32 Å². The minimum absolute atomic E-state index is 0.0112. The van der Waals surface area contributed by atoms with Crippen LogP contribution in [0, 0.1) is 5.92 Å². The Hall–Kier alpha value is -1.21. The zero-order valence-electron chi connectivity index (χ0n) is 10.7. The second kappa shape index (κ2) is 6.49. The van der Waals surface area contributed by atoms with Crippen LogP contribution in [0.25, 0.3) is 0 Å². The van der Waals surface area contributed by atoms with Gasteiger partial charge in [0.2, 0.25) is 5.91 Å². The third kappa shape index (κ3) is 4.42. The van der Waals surface area contributed by atoms with Crippen LogP contribution in [-0.4, -0.2) is 24.5 Å². The van der Waals surface area contributed by atoms with E-state index in [0.29, 0.717) is 6.54 Å². The lowest BCUT2D eigenvalue weighted by Gasteiger charge is -2.22. The van der Waals surface area contributed by atoms with Crippen molar-refractivity contribution >= 4 is 23.4 Å². The molecule has 2 rings (SSSR count). The summed E-state index contributed by atoms with van der Waals surface area (Å²) in [6.07, 6.45) is 1.66. The van der Waals surface area contributed by atoms with Gasteiger partial charge in [-0.3, -0.25) is 4.79 Å². The highest BCUT2D eigenvalue weighted by Gasteiger charge is 2.31. The summed E-state index contributed by atoms with van der Waals surface area (Å²) < 4.78 is 37.4. The summed E-state index contributed by atoms with van der Waals surface area (Å²) in [6, 6.07) is 5.97. The average Bonchev–Trinajstić information content (AvgIpc) is 2.40. The molecule has 1 aromatic carbocycles. The van der Waals surface area contributed by atoms with E-state index in [4.69, 9.17) is 0 Å². The Balaban J connectivity index is 2.06. The Kier molecular flexibility index (Phi) is 4.93. The SMILES string of the molecule is O=C(Nc1ccccc1SC(F)(F)F)C1CCCNC1. The van der Waals surface area contributed by atoms with E-state index in [0.717, 1.165) is 19.4 Å². The van der Waals surface area contributed by atoms with Gasteiger partial charge >= 0.3 is 5.51 Å². The van der Waals surface area contributed by atoms with Crippen molar-refractivity contribution in [2.24, 2.45) is 5.92 Å². The van der Waals surface area contributed by atoms with Gasteiger partial charge < -0.3 is 10.6 Å². The summed E-state index contributed by atoms with van der Waals surface area (Å²) in [5, 5.41) is 5.71. The molecule has 1 unspecified atom stereocenters. The predicted octanol–water partition coefficient (Wildman–Crippen LogP) is 3.24. The molecule has 1 atom stereocenters. The fourth-order valence-electron chi connectivity index (χ4n) is 2.09. The van der Waals surface area contributed by atoms with E-state index in [-0.39, 0.29) is 34.2 Å². The van der Waals surface area contributed by atoms with Crippen LogP contribution < -0.4 is 10.6 Å². The summed E-state index contributed by atoms with van der Waals surface area (Å²) in [4.78, 5) is 12.1. The van der Waals surface area contributed by atoms with E-state index in [1.807, 2.05) is 0 Å². The Bertz CT molecular complexity index is 473. The fraction of sp³-hybridized carbons (Fsp3) is 0.462. The number of alkyl halides is 3. The van der Waals surface area contributed by atoms with Crippen molar-refractivity contribution in [2.75, 3.05) is 18.4 Å². The van der Waals surface area contributed by atoms with Gasteiger partial charge in [0.1, 0.15) is 0 Å². The molecule has 1 aliphatic heterocycles. The normalized spacial score (nSPS) is 19.6. The number of anilines is 1. The molecule has 0 bridgehead atoms. The summed E-state index contributed by atoms with van der Waals surface area (Å²) in [5.41, 5.74) is -4.15. The van der Waals surface area contributed by atoms with Crippen molar-refractivity contribution in [1.29, 1.82) is 0 Å². The molecule has 0 aromatic heterocycles. The first-order chi connectivity index (χ1) is 9.46. The van der Waals surface area contributed by atoms with Crippen molar-refractivity contribution < 1.29 is 18.0 Å². The van der Waals surface area contributed by atoms with E-state index in [9.17, 15) is 18.0 Å². The van der Waals surface area contributed by atoms with E-state index < -0.39 is 5.51 Å². The topological polar surface area (TPSA) is 41.1 Å². The average molecular weight is 304 g/mol. The first kappa shape index (κ1) is 15.2. The maximum Gasteiger partial charge on any atom is 0.446 e. The number of rotatable bonds is 3. The van der Waals surface area contributed by atoms with E-state index in [1.165, 1.54) is 18.2 Å². The molecule has 3 nitrogen and oxygen atoms in total. The van der Waals surface area contributed by atoms with Crippen molar-refractivity contribution in [2.45, 2.75) is 23.2 Å². The van der Waals surface area contributed by atoms with Crippen LogP contribution in [-0.2, 0) is 4.79 Å². The van der Waals surface area contributed by atoms with Crippen LogP contribution in [0.5, 0.6) is 0 Å². The van der Waals surface area contributed by atoms with Crippen molar-refractivity contribution in [3.63, 3.8) is 0 Å². The molecule has 2 N–H and O–H groups in total. The van der Waals surface area contributed by atoms with Gasteiger partial charge in [-0.25, -0.2) is 0 Å². The standard InChI is InChI=1S/C13H15F3N2OS/c14-13(15,16)20-11-6-2-1-5-10(11)18-12(19)9-4-3-7-17-8-9/h1-2,5-6,9,17H,3-4,7-8H2,(H,18,19). The van der Waals surface area contributed by atoms with Gasteiger partial charge in [0.05, 0.1) is 11.6 Å². The first-order valence-electron chi connectivity index (χ1n) is 6.32. The van der Waals surface area contributed by atoms with Crippen LogP contribution in [0.2, 0.25) is 0 Å². The van der Waals surface area contributed by atoms with Gasteiger partial charge in [-0.1, -0.05) is 12.1 Å². The number of piperidine rings is 1. The van der Waals surface area contributed by atoms with Crippen molar-refractivity contribution in [3.8, 4) is 0 Å². The summed E-state index contributed by atoms with van der Waals surface area (Å²) in [5.74, 6) is -0.417. The molecule has 0 saturated carbocycles. The Morgan fingerprint density at radius 1 is 1.35 bits per heavy atom. The smallest absolute Gasteiger partial charge is 0.325 e. The quantitative estimate of drug-likeness (QED) is 0.842. The molecule has 0 spiro atoms. The second-order valence-electron chi connectivity index (χ2n) is 4.58. The molecule has 20 heavy (non-hydrogen) atoms. The van der Waals surface area contributed by atoms with Crippen LogP contribution in [0.3, 0.4) is 0 Å². The third-order valence-corrected chi connectivity index (χ3v) is 3.85. The zero-order chi connectivity index (χ0) is 14.6. The van der Waals surface area contributed by atoms with Gasteiger partial charge in [0, 0.05) is 11.4 Å². The van der Waals surface area contributed by atoms with E-state index in [1.54, 1.807) is 6.07 Å². The summed E-state index contributed by atoms with van der Waals surface area (Å²) in [7, 11) is 0. The van der Waals surface area contributed by atoms with Crippen LogP contribution in [0.15, 0.2) is 29.2 Å². The van der Waals surface area contributed by atoms with E-state index >= 15 is 0 Å². The van der Waals surface area contributed by atoms with Gasteiger partial charge in [-0.15, -0.1) is 0 Å². The molecular formula is C13H15F3N2OS. The van der Waals surface area contributed by atoms with Crippen molar-refractivity contribution in [3.05, 3.63) is 24.3 Å². The number of carbonyl (C=O) groups excluding carboxylic acids is 1. The molecule has 1 amide bonds. The van der Waals surface area contributed by atoms with E-state index in [2.05, 4.69) is 10.6 Å². The highest BCUT2D eigenvalue weighted by molar-refractivity contribution is 8.00. The number of nitrogens with one attached hydrogen (secondary N) is 2. The lowest BCUT2D eigenvalue weighted by Crippen LogP contribution is -2.37.